The molecule has 0 aliphatic rings. The van der Waals surface area contributed by atoms with Crippen molar-refractivity contribution in [1.29, 1.82) is 0 Å². The van der Waals surface area contributed by atoms with Gasteiger partial charge in [-0.15, -0.1) is 11.3 Å². The molecule has 2 aromatic heterocycles. The average molecular weight is 498 g/mol. The first kappa shape index (κ1) is 20.7. The molecule has 4 rings (SSSR count). The van der Waals surface area contributed by atoms with Crippen LogP contribution in [0.4, 0.5) is 5.69 Å². The number of fused-ring (bicyclic) bond motifs is 1. The number of anilines is 1. The lowest BCUT2D eigenvalue weighted by Gasteiger charge is -2.06. The van der Waals surface area contributed by atoms with E-state index in [0.29, 0.717) is 11.3 Å². The minimum atomic E-state index is -0.144. The average Bonchev–Trinajstić information content (AvgIpc) is 3.17. The Hall–Kier alpha value is -2.55. The van der Waals surface area contributed by atoms with Gasteiger partial charge in [0.1, 0.15) is 16.2 Å². The predicted octanol–water partition coefficient (Wildman–Crippen LogP) is 6.05. The number of amides is 1. The zero-order valence-corrected chi connectivity index (χ0v) is 19.1. The summed E-state index contributed by atoms with van der Waals surface area (Å²) < 4.78 is 1.02. The molecule has 0 unspecified atom stereocenters. The van der Waals surface area contributed by atoms with Crippen LogP contribution in [0, 0.1) is 0 Å². The van der Waals surface area contributed by atoms with Crippen LogP contribution in [0.2, 0.25) is 0 Å². The van der Waals surface area contributed by atoms with Gasteiger partial charge in [-0.05, 0) is 42.0 Å². The highest BCUT2D eigenvalue weighted by Gasteiger charge is 2.15. The number of aromatic nitrogens is 2. The Balaban J connectivity index is 1.55. The number of carbonyl (C=O) groups is 2. The highest BCUT2D eigenvalue weighted by atomic mass is 79.9. The molecule has 2 aromatic carbocycles. The summed E-state index contributed by atoms with van der Waals surface area (Å²) in [7, 11) is 0. The minimum absolute atomic E-state index is 0.00144. The molecule has 1 amide bonds. The van der Waals surface area contributed by atoms with E-state index in [2.05, 4.69) is 48.7 Å². The standard InChI is InChI=1S/C22H16BrN3O2S2/c1-13(27)26-17-8-4-15(5-9-17)19(28)11-30-22-20-18(10-29-21(20)24-12-25-22)14-2-6-16(23)7-3-14/h2-10,12H,11H2,1H3,(H,26,27). The number of hydrogen-bond acceptors (Lipinski definition) is 6. The summed E-state index contributed by atoms with van der Waals surface area (Å²) >= 11 is 6.45. The Bertz CT molecular complexity index is 1220. The Morgan fingerprint density at radius 1 is 1.07 bits per heavy atom. The molecule has 0 fully saturated rings. The molecule has 0 atom stereocenters. The van der Waals surface area contributed by atoms with E-state index in [1.807, 2.05) is 12.1 Å². The van der Waals surface area contributed by atoms with E-state index in [4.69, 9.17) is 0 Å². The fourth-order valence-corrected chi connectivity index (χ4v) is 5.11. The fraction of sp³-hybridized carbons (Fsp3) is 0.0909. The van der Waals surface area contributed by atoms with E-state index in [-0.39, 0.29) is 17.4 Å². The zero-order chi connectivity index (χ0) is 21.1. The van der Waals surface area contributed by atoms with E-state index in [1.54, 1.807) is 41.9 Å². The Kier molecular flexibility index (Phi) is 6.26. The maximum Gasteiger partial charge on any atom is 0.221 e. The zero-order valence-electron chi connectivity index (χ0n) is 15.9. The van der Waals surface area contributed by atoms with Crippen LogP contribution in [0.5, 0.6) is 0 Å². The third-order valence-corrected chi connectivity index (χ3v) is 6.76. The summed E-state index contributed by atoms with van der Waals surface area (Å²) in [5.41, 5.74) is 3.42. The van der Waals surface area contributed by atoms with Crippen LogP contribution in [-0.2, 0) is 4.79 Å². The largest absolute Gasteiger partial charge is 0.326 e. The molecule has 2 heterocycles. The molecule has 0 aliphatic heterocycles. The number of thioether (sulfide) groups is 1. The molecule has 1 N–H and O–H groups in total. The molecule has 0 radical (unpaired) electrons. The normalized spacial score (nSPS) is 10.9. The van der Waals surface area contributed by atoms with Crippen molar-refractivity contribution in [3.63, 3.8) is 0 Å². The summed E-state index contributed by atoms with van der Waals surface area (Å²) in [5.74, 6) is 0.123. The van der Waals surface area contributed by atoms with Gasteiger partial charge in [0.15, 0.2) is 5.78 Å². The van der Waals surface area contributed by atoms with Crippen LogP contribution in [0.3, 0.4) is 0 Å². The maximum atomic E-state index is 12.7. The highest BCUT2D eigenvalue weighted by Crippen LogP contribution is 2.38. The number of thiophene rings is 1. The number of ketones is 1. The van der Waals surface area contributed by atoms with Crippen molar-refractivity contribution in [2.75, 3.05) is 11.1 Å². The molecule has 5 nitrogen and oxygen atoms in total. The van der Waals surface area contributed by atoms with Gasteiger partial charge >= 0.3 is 0 Å². The summed E-state index contributed by atoms with van der Waals surface area (Å²) in [5, 5.41) is 6.55. The van der Waals surface area contributed by atoms with Crippen molar-refractivity contribution >= 4 is 66.6 Å². The molecule has 0 aliphatic carbocycles. The summed E-state index contributed by atoms with van der Waals surface area (Å²) in [6, 6.07) is 15.0. The van der Waals surface area contributed by atoms with E-state index in [1.165, 1.54) is 18.7 Å². The SMILES string of the molecule is CC(=O)Nc1ccc(C(=O)CSc2ncnc3scc(-c4ccc(Br)cc4)c23)cc1. The molecule has 30 heavy (non-hydrogen) atoms. The number of rotatable bonds is 6. The van der Waals surface area contributed by atoms with Gasteiger partial charge in [-0.25, -0.2) is 9.97 Å². The number of carbonyl (C=O) groups excluding carboxylic acids is 2. The Morgan fingerprint density at radius 3 is 2.50 bits per heavy atom. The lowest BCUT2D eigenvalue weighted by Crippen LogP contribution is -2.07. The van der Waals surface area contributed by atoms with E-state index in [9.17, 15) is 9.59 Å². The second-order valence-corrected chi connectivity index (χ2v) is 9.22. The van der Waals surface area contributed by atoms with Crippen molar-refractivity contribution < 1.29 is 9.59 Å². The number of nitrogens with zero attached hydrogens (tertiary/aromatic N) is 2. The molecule has 0 saturated heterocycles. The molecule has 0 spiro atoms. The lowest BCUT2D eigenvalue weighted by molar-refractivity contribution is -0.114. The van der Waals surface area contributed by atoms with Gasteiger partial charge in [-0.1, -0.05) is 39.8 Å². The molecular weight excluding hydrogens is 482 g/mol. The van der Waals surface area contributed by atoms with Gasteiger partial charge in [-0.3, -0.25) is 9.59 Å². The number of hydrogen-bond donors (Lipinski definition) is 1. The van der Waals surface area contributed by atoms with Crippen molar-refractivity contribution in [2.24, 2.45) is 0 Å². The van der Waals surface area contributed by atoms with E-state index >= 15 is 0 Å². The monoisotopic (exact) mass is 497 g/mol. The van der Waals surface area contributed by atoms with Crippen LogP contribution >= 0.6 is 39.0 Å². The highest BCUT2D eigenvalue weighted by molar-refractivity contribution is 9.10. The third-order valence-electron chi connectivity index (χ3n) is 4.36. The first-order valence-corrected chi connectivity index (χ1v) is 11.7. The molecule has 8 heteroatoms. The maximum absolute atomic E-state index is 12.7. The molecule has 0 saturated carbocycles. The van der Waals surface area contributed by atoms with Crippen molar-refractivity contribution in [1.82, 2.24) is 9.97 Å². The topological polar surface area (TPSA) is 72.0 Å². The summed E-state index contributed by atoms with van der Waals surface area (Å²) in [4.78, 5) is 33.5. The summed E-state index contributed by atoms with van der Waals surface area (Å²) in [6.07, 6.45) is 1.54. The van der Waals surface area contributed by atoms with E-state index in [0.717, 1.165) is 30.8 Å². The van der Waals surface area contributed by atoms with Crippen molar-refractivity contribution in [3.8, 4) is 11.1 Å². The predicted molar refractivity (Wildman–Crippen MR) is 126 cm³/mol. The Morgan fingerprint density at radius 2 is 1.80 bits per heavy atom. The van der Waals surface area contributed by atoms with Gasteiger partial charge in [0.05, 0.1) is 11.1 Å². The quantitative estimate of drug-likeness (QED) is 0.199. The van der Waals surface area contributed by atoms with Crippen LogP contribution in [0.15, 0.2) is 69.7 Å². The van der Waals surface area contributed by atoms with Crippen molar-refractivity contribution in [2.45, 2.75) is 11.9 Å². The smallest absolute Gasteiger partial charge is 0.221 e. The van der Waals surface area contributed by atoms with Crippen LogP contribution in [-0.4, -0.2) is 27.4 Å². The van der Waals surface area contributed by atoms with Crippen LogP contribution < -0.4 is 5.32 Å². The van der Waals surface area contributed by atoms with Gasteiger partial charge in [0.2, 0.25) is 5.91 Å². The second-order valence-electron chi connectivity index (χ2n) is 6.49. The van der Waals surface area contributed by atoms with Gasteiger partial charge in [-0.2, -0.15) is 0 Å². The van der Waals surface area contributed by atoms with Gasteiger partial charge in [0.25, 0.3) is 0 Å². The second kappa shape index (κ2) is 9.07. The lowest BCUT2D eigenvalue weighted by atomic mass is 10.1. The number of Topliss-reactive ketones (excluding diaryl/α,β-unsaturated/α-hetero) is 1. The fourth-order valence-electron chi connectivity index (χ4n) is 2.96. The third kappa shape index (κ3) is 4.61. The van der Waals surface area contributed by atoms with Crippen LogP contribution in [0.25, 0.3) is 21.3 Å². The first-order valence-electron chi connectivity index (χ1n) is 9.03. The molecular formula is C22H16BrN3O2S2. The van der Waals surface area contributed by atoms with Crippen LogP contribution in [0.1, 0.15) is 17.3 Å². The molecule has 0 bridgehead atoms. The van der Waals surface area contributed by atoms with Gasteiger partial charge in [0, 0.05) is 33.6 Å². The first-order chi connectivity index (χ1) is 14.5. The summed E-state index contributed by atoms with van der Waals surface area (Å²) in [6.45, 7) is 1.45. The number of benzene rings is 2. The minimum Gasteiger partial charge on any atom is -0.326 e. The van der Waals surface area contributed by atoms with E-state index < -0.39 is 0 Å². The number of nitrogens with one attached hydrogen (secondary N) is 1. The van der Waals surface area contributed by atoms with Gasteiger partial charge < -0.3 is 5.32 Å². The van der Waals surface area contributed by atoms with Crippen molar-refractivity contribution in [3.05, 3.63) is 70.3 Å². The molecule has 4 aromatic rings. The Labute approximate surface area is 190 Å². The molecule has 150 valence electrons. The number of halogens is 1.